The van der Waals surface area contributed by atoms with Crippen molar-refractivity contribution in [2.45, 2.75) is 38.6 Å². The average molecular weight is 350 g/mol. The molecular formula is C15H18N4O6. The van der Waals surface area contributed by atoms with Gasteiger partial charge in [-0.15, -0.1) is 0 Å². The van der Waals surface area contributed by atoms with E-state index in [0.29, 0.717) is 17.8 Å². The van der Waals surface area contributed by atoms with Crippen LogP contribution in [-0.4, -0.2) is 20.8 Å². The van der Waals surface area contributed by atoms with Crippen LogP contribution in [0.2, 0.25) is 0 Å². The number of nitrogens with zero attached hydrogens (tertiary/aromatic N) is 3. The van der Waals surface area contributed by atoms with Crippen molar-refractivity contribution in [2.75, 3.05) is 5.32 Å². The van der Waals surface area contributed by atoms with Gasteiger partial charge in [-0.05, 0) is 43.9 Å². The van der Waals surface area contributed by atoms with Gasteiger partial charge in [0.25, 0.3) is 5.69 Å². The molecule has 0 radical (unpaired) electrons. The fraction of sp³-hybridized carbons (Fsp3) is 0.600. The Morgan fingerprint density at radius 1 is 1.00 bits per heavy atom. The summed E-state index contributed by atoms with van der Waals surface area (Å²) in [5, 5.41) is 36.5. The smallest absolute Gasteiger partial charge is 0.306 e. The van der Waals surface area contributed by atoms with Gasteiger partial charge in [-0.3, -0.25) is 30.3 Å². The van der Waals surface area contributed by atoms with E-state index >= 15 is 0 Å². The van der Waals surface area contributed by atoms with Crippen molar-refractivity contribution >= 4 is 22.7 Å². The van der Waals surface area contributed by atoms with Crippen LogP contribution in [0, 0.1) is 48.1 Å². The number of non-ortho nitro benzene ring substituents is 1. The molecule has 2 aliphatic rings. The van der Waals surface area contributed by atoms with Gasteiger partial charge >= 0.3 is 11.4 Å². The van der Waals surface area contributed by atoms with Crippen LogP contribution in [0.25, 0.3) is 0 Å². The van der Waals surface area contributed by atoms with E-state index in [1.165, 1.54) is 6.42 Å². The summed E-state index contributed by atoms with van der Waals surface area (Å²) < 4.78 is 0. The third-order valence-corrected chi connectivity index (χ3v) is 5.49. The van der Waals surface area contributed by atoms with Crippen LogP contribution in [0.3, 0.4) is 0 Å². The Balaban J connectivity index is 1.97. The van der Waals surface area contributed by atoms with Gasteiger partial charge in [0.05, 0.1) is 26.9 Å². The number of fused-ring (bicyclic) bond motifs is 2. The van der Waals surface area contributed by atoms with Gasteiger partial charge in [-0.1, -0.05) is 6.42 Å². The molecule has 1 aromatic carbocycles. The number of hydrogen-bond donors (Lipinski definition) is 1. The summed E-state index contributed by atoms with van der Waals surface area (Å²) in [6, 6.07) is 1.35. The Kier molecular flexibility index (Phi) is 4.27. The highest BCUT2D eigenvalue weighted by molar-refractivity contribution is 5.77. The first-order chi connectivity index (χ1) is 11.8. The van der Waals surface area contributed by atoms with Crippen molar-refractivity contribution in [1.82, 2.24) is 0 Å². The van der Waals surface area contributed by atoms with Crippen LogP contribution in [-0.2, 0) is 0 Å². The maximum atomic E-state index is 11.3. The lowest BCUT2D eigenvalue weighted by Crippen LogP contribution is -2.30. The molecule has 1 N–H and O–H groups in total. The van der Waals surface area contributed by atoms with Gasteiger partial charge in [-0.2, -0.15) is 0 Å². The first kappa shape index (κ1) is 17.1. The molecule has 0 amide bonds. The summed E-state index contributed by atoms with van der Waals surface area (Å²) in [5.74, 6) is 1.50. The molecule has 2 bridgehead atoms. The minimum Gasteiger partial charge on any atom is -0.371 e. The maximum Gasteiger partial charge on any atom is 0.306 e. The lowest BCUT2D eigenvalue weighted by Gasteiger charge is -2.28. The van der Waals surface area contributed by atoms with E-state index in [1.54, 1.807) is 0 Å². The van der Waals surface area contributed by atoms with Crippen LogP contribution in [0.5, 0.6) is 0 Å². The van der Waals surface area contributed by atoms with E-state index in [4.69, 9.17) is 0 Å². The number of benzene rings is 1. The molecule has 10 heteroatoms. The molecule has 4 atom stereocenters. The molecule has 1 aromatic rings. The molecule has 4 unspecified atom stereocenters. The van der Waals surface area contributed by atoms with E-state index < -0.39 is 31.8 Å². The fourth-order valence-electron chi connectivity index (χ4n) is 4.38. The van der Waals surface area contributed by atoms with Crippen molar-refractivity contribution in [3.63, 3.8) is 0 Å². The summed E-state index contributed by atoms with van der Waals surface area (Å²) in [5.41, 5.74) is -2.21. The van der Waals surface area contributed by atoms with E-state index in [9.17, 15) is 30.3 Å². The number of nitro groups is 3. The number of nitro benzene ring substituents is 3. The van der Waals surface area contributed by atoms with Crippen molar-refractivity contribution < 1.29 is 14.8 Å². The van der Waals surface area contributed by atoms with Crippen molar-refractivity contribution in [1.29, 1.82) is 0 Å². The van der Waals surface area contributed by atoms with Gasteiger partial charge in [-0.25, -0.2) is 0 Å². The molecule has 2 aliphatic carbocycles. The van der Waals surface area contributed by atoms with E-state index in [1.807, 2.05) is 6.92 Å². The Morgan fingerprint density at radius 2 is 1.60 bits per heavy atom. The topological polar surface area (TPSA) is 141 Å². The average Bonchev–Trinajstić information content (AvgIpc) is 3.17. The van der Waals surface area contributed by atoms with E-state index in [0.717, 1.165) is 31.4 Å². The zero-order valence-corrected chi connectivity index (χ0v) is 13.6. The molecule has 10 nitrogen and oxygen atoms in total. The number of nitrogens with one attached hydrogen (secondary N) is 1. The summed E-state index contributed by atoms with van der Waals surface area (Å²) in [4.78, 5) is 31.0. The van der Waals surface area contributed by atoms with Crippen LogP contribution in [0.1, 0.15) is 32.6 Å². The van der Waals surface area contributed by atoms with E-state index in [-0.39, 0.29) is 11.7 Å². The summed E-state index contributed by atoms with van der Waals surface area (Å²) in [6.07, 6.45) is 4.46. The molecule has 2 saturated carbocycles. The fourth-order valence-corrected chi connectivity index (χ4v) is 4.38. The minimum atomic E-state index is -0.872. The highest BCUT2D eigenvalue weighted by atomic mass is 16.6. The molecule has 25 heavy (non-hydrogen) atoms. The SMILES string of the molecule is CC(Nc1c([N+](=O)[O-])cc([N+](=O)[O-])cc1[N+](=O)[O-])C1CC2CCC1C2. The highest BCUT2D eigenvalue weighted by Crippen LogP contribution is 2.50. The molecule has 134 valence electrons. The van der Waals surface area contributed by atoms with Gasteiger partial charge in [0.15, 0.2) is 5.69 Å². The summed E-state index contributed by atoms with van der Waals surface area (Å²) >= 11 is 0. The first-order valence-corrected chi connectivity index (χ1v) is 8.15. The Labute approximate surface area is 142 Å². The zero-order chi connectivity index (χ0) is 18.3. The maximum absolute atomic E-state index is 11.3. The number of anilines is 1. The highest BCUT2D eigenvalue weighted by Gasteiger charge is 2.43. The molecule has 0 heterocycles. The minimum absolute atomic E-state index is 0.186. The summed E-state index contributed by atoms with van der Waals surface area (Å²) in [7, 11) is 0. The van der Waals surface area contributed by atoms with Gasteiger partial charge in [0.2, 0.25) is 0 Å². The third kappa shape index (κ3) is 3.11. The lowest BCUT2D eigenvalue weighted by molar-refractivity contribution is -0.401. The molecule has 0 saturated heterocycles. The Morgan fingerprint density at radius 3 is 2.00 bits per heavy atom. The molecule has 2 fully saturated rings. The zero-order valence-electron chi connectivity index (χ0n) is 13.6. The van der Waals surface area contributed by atoms with Gasteiger partial charge < -0.3 is 5.32 Å². The number of rotatable bonds is 6. The predicted octanol–water partition coefficient (Wildman–Crippen LogP) is 3.65. The van der Waals surface area contributed by atoms with Crippen molar-refractivity contribution in [2.24, 2.45) is 17.8 Å². The Bertz CT molecular complexity index is 717. The van der Waals surface area contributed by atoms with Crippen LogP contribution >= 0.6 is 0 Å². The second-order valence-electron chi connectivity index (χ2n) is 6.90. The van der Waals surface area contributed by atoms with Crippen molar-refractivity contribution in [3.05, 3.63) is 42.5 Å². The van der Waals surface area contributed by atoms with E-state index in [2.05, 4.69) is 5.32 Å². The largest absolute Gasteiger partial charge is 0.371 e. The normalized spacial score (nSPS) is 25.6. The second kappa shape index (κ2) is 6.26. The van der Waals surface area contributed by atoms with Crippen LogP contribution < -0.4 is 5.32 Å². The quantitative estimate of drug-likeness (QED) is 0.609. The molecule has 0 spiro atoms. The van der Waals surface area contributed by atoms with Gasteiger partial charge in [0.1, 0.15) is 0 Å². The second-order valence-corrected chi connectivity index (χ2v) is 6.90. The Hall–Kier alpha value is -2.78. The lowest BCUT2D eigenvalue weighted by atomic mass is 9.84. The van der Waals surface area contributed by atoms with Gasteiger partial charge in [0, 0.05) is 6.04 Å². The predicted molar refractivity (Wildman–Crippen MR) is 88.4 cm³/mol. The monoisotopic (exact) mass is 350 g/mol. The molecule has 0 aliphatic heterocycles. The molecular weight excluding hydrogens is 332 g/mol. The summed E-state index contributed by atoms with van der Waals surface area (Å²) in [6.45, 7) is 1.86. The van der Waals surface area contributed by atoms with Crippen LogP contribution in [0.4, 0.5) is 22.7 Å². The van der Waals surface area contributed by atoms with Crippen molar-refractivity contribution in [3.8, 4) is 0 Å². The number of hydrogen-bond acceptors (Lipinski definition) is 7. The third-order valence-electron chi connectivity index (χ3n) is 5.49. The first-order valence-electron chi connectivity index (χ1n) is 8.15. The van der Waals surface area contributed by atoms with Crippen LogP contribution in [0.15, 0.2) is 12.1 Å². The molecule has 0 aromatic heterocycles. The molecule has 3 rings (SSSR count). The standard InChI is InChI=1S/C15H18N4O6/c1-8(12-5-9-2-3-10(12)4-9)16-15-13(18(22)23)6-11(17(20)21)7-14(15)19(24)25/h6-10,12,16H,2-5H2,1H3.